The molecule has 8 heteroatoms. The number of anilines is 3. The molecule has 0 saturated carbocycles. The van der Waals surface area contributed by atoms with E-state index in [2.05, 4.69) is 20.6 Å². The maximum atomic E-state index is 13.9. The van der Waals surface area contributed by atoms with Crippen molar-refractivity contribution in [3.63, 3.8) is 0 Å². The van der Waals surface area contributed by atoms with Crippen molar-refractivity contribution in [1.82, 2.24) is 9.97 Å². The number of primary amides is 1. The molecule has 3 rings (SSSR count). The first-order valence-corrected chi connectivity index (χ1v) is 7.81. The number of hydrogen-bond donors (Lipinski definition) is 3. The Morgan fingerprint density at radius 1 is 1.35 bits per heavy atom. The molecular formula is C15H14FN5OS. The number of rotatable bonds is 5. The van der Waals surface area contributed by atoms with Crippen LogP contribution in [0.1, 0.15) is 17.3 Å². The monoisotopic (exact) mass is 331 g/mol. The van der Waals surface area contributed by atoms with Crippen LogP contribution in [0.5, 0.6) is 0 Å². The van der Waals surface area contributed by atoms with Gasteiger partial charge in [0.15, 0.2) is 11.6 Å². The lowest BCUT2D eigenvalue weighted by molar-refractivity contribution is 0.100. The summed E-state index contributed by atoms with van der Waals surface area (Å²) in [5, 5.41) is 5.83. The lowest BCUT2D eigenvalue weighted by Crippen LogP contribution is -2.16. The van der Waals surface area contributed by atoms with E-state index in [0.29, 0.717) is 12.2 Å². The zero-order valence-corrected chi connectivity index (χ0v) is 13.1. The van der Waals surface area contributed by atoms with Crippen LogP contribution in [-0.4, -0.2) is 22.4 Å². The summed E-state index contributed by atoms with van der Waals surface area (Å²) in [5.41, 5.74) is 8.67. The number of hydrogen-bond acceptors (Lipinski definition) is 6. The molecule has 0 bridgehead atoms. The third-order valence-corrected chi connectivity index (χ3v) is 3.97. The van der Waals surface area contributed by atoms with Gasteiger partial charge in [-0.05, 0) is 31.2 Å². The van der Waals surface area contributed by atoms with E-state index in [-0.39, 0.29) is 17.2 Å². The molecule has 0 saturated heterocycles. The summed E-state index contributed by atoms with van der Waals surface area (Å²) in [5.74, 6) is -1.09. The Bertz CT molecular complexity index is 879. The second kappa shape index (κ2) is 6.17. The number of aromatic nitrogens is 2. The highest BCUT2D eigenvalue weighted by Gasteiger charge is 2.16. The van der Waals surface area contributed by atoms with Gasteiger partial charge in [0.1, 0.15) is 5.82 Å². The second-order valence-electron chi connectivity index (χ2n) is 4.77. The Hall–Kier alpha value is -2.74. The first kappa shape index (κ1) is 15.2. The third kappa shape index (κ3) is 3.07. The van der Waals surface area contributed by atoms with E-state index in [1.807, 2.05) is 25.1 Å². The van der Waals surface area contributed by atoms with E-state index in [0.717, 1.165) is 16.3 Å². The van der Waals surface area contributed by atoms with Crippen LogP contribution in [0.25, 0.3) is 10.2 Å². The molecule has 1 amide bonds. The van der Waals surface area contributed by atoms with E-state index >= 15 is 0 Å². The fraction of sp³-hybridized carbons (Fsp3) is 0.133. The van der Waals surface area contributed by atoms with Gasteiger partial charge in [0.05, 0.1) is 21.3 Å². The van der Waals surface area contributed by atoms with Crippen molar-refractivity contribution in [3.05, 3.63) is 41.2 Å². The highest BCUT2D eigenvalue weighted by Crippen LogP contribution is 2.27. The highest BCUT2D eigenvalue weighted by atomic mass is 32.1. The average Bonchev–Trinajstić information content (AvgIpc) is 2.98. The number of thiazole rings is 1. The van der Waals surface area contributed by atoms with Crippen molar-refractivity contribution < 1.29 is 9.18 Å². The van der Waals surface area contributed by atoms with Crippen molar-refractivity contribution in [1.29, 1.82) is 0 Å². The maximum absolute atomic E-state index is 13.9. The van der Waals surface area contributed by atoms with E-state index in [1.165, 1.54) is 11.3 Å². The van der Waals surface area contributed by atoms with Gasteiger partial charge in [-0.25, -0.2) is 14.4 Å². The molecule has 3 aromatic rings. The summed E-state index contributed by atoms with van der Waals surface area (Å²) in [6, 6.07) is 6.63. The average molecular weight is 331 g/mol. The van der Waals surface area contributed by atoms with Gasteiger partial charge in [-0.2, -0.15) is 0 Å². The van der Waals surface area contributed by atoms with Crippen LogP contribution in [0.4, 0.5) is 21.7 Å². The van der Waals surface area contributed by atoms with Gasteiger partial charge in [0.2, 0.25) is 0 Å². The molecule has 0 fully saturated rings. The van der Waals surface area contributed by atoms with Crippen LogP contribution in [0.15, 0.2) is 29.8 Å². The number of nitrogens with zero attached hydrogens (tertiary/aromatic N) is 2. The number of amides is 1. The second-order valence-corrected chi connectivity index (χ2v) is 5.66. The molecule has 0 spiro atoms. The Morgan fingerprint density at radius 2 is 2.17 bits per heavy atom. The molecule has 2 aromatic heterocycles. The zero-order valence-electron chi connectivity index (χ0n) is 12.3. The smallest absolute Gasteiger partial charge is 0.252 e. The Morgan fingerprint density at radius 3 is 2.91 bits per heavy atom. The summed E-state index contributed by atoms with van der Waals surface area (Å²) >= 11 is 1.50. The summed E-state index contributed by atoms with van der Waals surface area (Å²) in [4.78, 5) is 19.9. The molecule has 4 N–H and O–H groups in total. The molecule has 118 valence electrons. The lowest BCUT2D eigenvalue weighted by atomic mass is 10.2. The number of nitrogens with two attached hydrogens (primary N) is 1. The van der Waals surface area contributed by atoms with Crippen molar-refractivity contribution in [2.75, 3.05) is 17.2 Å². The van der Waals surface area contributed by atoms with Gasteiger partial charge >= 0.3 is 0 Å². The number of carbonyl (C=O) groups is 1. The number of carbonyl (C=O) groups excluding carboxylic acids is 1. The van der Waals surface area contributed by atoms with E-state index < -0.39 is 11.7 Å². The van der Waals surface area contributed by atoms with Crippen LogP contribution in [0, 0.1) is 5.82 Å². The number of pyridine rings is 1. The van der Waals surface area contributed by atoms with E-state index in [9.17, 15) is 9.18 Å². The van der Waals surface area contributed by atoms with Crippen LogP contribution >= 0.6 is 11.3 Å². The largest absolute Gasteiger partial charge is 0.368 e. The summed E-state index contributed by atoms with van der Waals surface area (Å²) < 4.78 is 14.9. The van der Waals surface area contributed by atoms with Gasteiger partial charge in [0.25, 0.3) is 5.91 Å². The number of nitrogens with one attached hydrogen (secondary N) is 2. The molecule has 6 nitrogen and oxygen atoms in total. The van der Waals surface area contributed by atoms with Gasteiger partial charge < -0.3 is 16.4 Å². The molecule has 0 aliphatic heterocycles. The van der Waals surface area contributed by atoms with Crippen LogP contribution < -0.4 is 16.4 Å². The Labute approximate surface area is 135 Å². The minimum atomic E-state index is -0.749. The number of halogens is 1. The van der Waals surface area contributed by atoms with Crippen LogP contribution in [-0.2, 0) is 0 Å². The normalized spacial score (nSPS) is 10.7. The molecule has 23 heavy (non-hydrogen) atoms. The van der Waals surface area contributed by atoms with Crippen LogP contribution in [0.2, 0.25) is 0 Å². The quantitative estimate of drug-likeness (QED) is 0.668. The van der Waals surface area contributed by atoms with Crippen molar-refractivity contribution in [2.45, 2.75) is 6.92 Å². The standard InChI is InChI=1S/C15H14FN5OS/c1-2-18-15-10(16)6-9(13(17)22)14(21-15)20-8-3-4-11-12(5-8)23-7-19-11/h3-7H,2H2,1H3,(H2,17,22)(H2,18,20,21). The molecule has 0 aliphatic rings. The molecule has 1 aromatic carbocycles. The maximum Gasteiger partial charge on any atom is 0.252 e. The number of benzene rings is 1. The topological polar surface area (TPSA) is 92.9 Å². The molecule has 2 heterocycles. The van der Waals surface area contributed by atoms with E-state index in [1.54, 1.807) is 5.51 Å². The third-order valence-electron chi connectivity index (χ3n) is 3.18. The summed E-state index contributed by atoms with van der Waals surface area (Å²) in [6.07, 6.45) is 0. The van der Waals surface area contributed by atoms with Crippen molar-refractivity contribution >= 4 is 44.8 Å². The number of fused-ring (bicyclic) bond motifs is 1. The van der Waals surface area contributed by atoms with E-state index in [4.69, 9.17) is 5.73 Å². The van der Waals surface area contributed by atoms with Gasteiger partial charge in [-0.15, -0.1) is 11.3 Å². The molecule has 0 atom stereocenters. The molecule has 0 aliphatic carbocycles. The first-order valence-electron chi connectivity index (χ1n) is 6.93. The molecular weight excluding hydrogens is 317 g/mol. The molecule has 0 unspecified atom stereocenters. The first-order chi connectivity index (χ1) is 11.1. The highest BCUT2D eigenvalue weighted by molar-refractivity contribution is 7.16. The van der Waals surface area contributed by atoms with Gasteiger partial charge in [-0.3, -0.25) is 4.79 Å². The van der Waals surface area contributed by atoms with Gasteiger partial charge in [-0.1, -0.05) is 0 Å². The SMILES string of the molecule is CCNc1nc(Nc2ccc3ncsc3c2)c(C(N)=O)cc1F. The molecule has 0 radical (unpaired) electrons. The van der Waals surface area contributed by atoms with Crippen molar-refractivity contribution in [2.24, 2.45) is 5.73 Å². The predicted molar refractivity (Wildman–Crippen MR) is 89.8 cm³/mol. The summed E-state index contributed by atoms with van der Waals surface area (Å²) in [7, 11) is 0. The minimum absolute atomic E-state index is 0.00597. The summed E-state index contributed by atoms with van der Waals surface area (Å²) in [6.45, 7) is 2.33. The Balaban J connectivity index is 2.02. The Kier molecular flexibility index (Phi) is 4.07. The fourth-order valence-corrected chi connectivity index (χ4v) is 2.85. The predicted octanol–water partition coefficient (Wildman–Crippen LogP) is 3.10. The van der Waals surface area contributed by atoms with Gasteiger partial charge in [0, 0.05) is 12.2 Å². The van der Waals surface area contributed by atoms with Crippen LogP contribution in [0.3, 0.4) is 0 Å². The fourth-order valence-electron chi connectivity index (χ4n) is 2.13. The minimum Gasteiger partial charge on any atom is -0.368 e. The lowest BCUT2D eigenvalue weighted by Gasteiger charge is -2.12. The zero-order chi connectivity index (χ0) is 16.4. The van der Waals surface area contributed by atoms with Crippen molar-refractivity contribution in [3.8, 4) is 0 Å².